The second-order valence-electron chi connectivity index (χ2n) is 13.2. The minimum absolute atomic E-state index is 0.113. The number of nitrogens with one attached hydrogen (secondary N) is 2. The highest BCUT2D eigenvalue weighted by Gasteiger charge is 2.57. The molecule has 0 aromatic carbocycles. The smallest absolute Gasteiger partial charge is 0.247 e. The highest BCUT2D eigenvalue weighted by atomic mass is 16.5. The van der Waals surface area contributed by atoms with Crippen LogP contribution in [-0.2, 0) is 19.1 Å². The molecule has 3 unspecified atom stereocenters. The van der Waals surface area contributed by atoms with Gasteiger partial charge in [0.1, 0.15) is 6.04 Å². The fourth-order valence-electron chi connectivity index (χ4n) is 7.53. The largest absolute Gasteiger partial charge is 0.378 e. The van der Waals surface area contributed by atoms with Crippen molar-refractivity contribution < 1.29 is 19.1 Å². The third-order valence-corrected chi connectivity index (χ3v) is 10.2. The molecule has 4 rings (SSSR count). The molecule has 1 spiro atoms. The Morgan fingerprint density at radius 3 is 2.37 bits per heavy atom. The van der Waals surface area contributed by atoms with E-state index in [1.165, 1.54) is 64.2 Å². The third kappa shape index (κ3) is 6.38. The highest BCUT2D eigenvalue weighted by molar-refractivity contribution is 5.92. The Balaban J connectivity index is 1.49. The Kier molecular flexibility index (Phi) is 9.77. The molecule has 0 radical (unpaired) electrons. The summed E-state index contributed by atoms with van der Waals surface area (Å²) in [6.07, 6.45) is 13.9. The quantitative estimate of drug-likeness (QED) is 0.475. The van der Waals surface area contributed by atoms with Gasteiger partial charge in [-0.05, 0) is 64.3 Å². The van der Waals surface area contributed by atoms with Crippen molar-refractivity contribution >= 4 is 17.7 Å². The second-order valence-corrected chi connectivity index (χ2v) is 13.2. The molecular weight excluding hydrogens is 480 g/mol. The molecule has 38 heavy (non-hydrogen) atoms. The Bertz CT molecular complexity index is 836. The van der Waals surface area contributed by atoms with Gasteiger partial charge in [-0.3, -0.25) is 14.4 Å². The van der Waals surface area contributed by atoms with Gasteiger partial charge in [-0.2, -0.15) is 0 Å². The maximum Gasteiger partial charge on any atom is 0.247 e. The minimum atomic E-state index is -0.804. The van der Waals surface area contributed by atoms with Crippen LogP contribution in [0.1, 0.15) is 90.9 Å². The number of rotatable bonds is 9. The third-order valence-electron chi connectivity index (χ3n) is 10.2. The average Bonchev–Trinajstić information content (AvgIpc) is 3.17. The van der Waals surface area contributed by atoms with Crippen LogP contribution in [0.4, 0.5) is 0 Å². The van der Waals surface area contributed by atoms with E-state index in [0.717, 1.165) is 19.4 Å². The molecule has 0 aromatic heterocycles. The maximum atomic E-state index is 14.0. The SMILES string of the molecule is CNC(C)(C)C(=O)NC(COCC1CCCCC1)C(=O)N1CCCC2(C1)C(=O)N(C)CC2C1CCCCC1. The number of ether oxygens (including phenoxy) is 1. The molecule has 3 atom stereocenters. The number of carbonyl (C=O) groups is 3. The van der Waals surface area contributed by atoms with E-state index in [1.54, 1.807) is 7.05 Å². The molecule has 0 aromatic rings. The first kappa shape index (κ1) is 29.3. The summed E-state index contributed by atoms with van der Waals surface area (Å²) in [5, 5.41) is 6.04. The summed E-state index contributed by atoms with van der Waals surface area (Å²) in [5.41, 5.74) is -1.30. The predicted octanol–water partition coefficient (Wildman–Crippen LogP) is 3.34. The van der Waals surface area contributed by atoms with Crippen LogP contribution in [-0.4, -0.2) is 86.0 Å². The minimum Gasteiger partial charge on any atom is -0.378 e. The molecule has 2 aliphatic carbocycles. The van der Waals surface area contributed by atoms with Crippen molar-refractivity contribution in [1.29, 1.82) is 0 Å². The lowest BCUT2D eigenvalue weighted by Gasteiger charge is -2.45. The number of amides is 3. The van der Waals surface area contributed by atoms with Gasteiger partial charge in [-0.1, -0.05) is 51.4 Å². The van der Waals surface area contributed by atoms with Crippen molar-refractivity contribution in [3.05, 3.63) is 0 Å². The van der Waals surface area contributed by atoms with Gasteiger partial charge < -0.3 is 25.2 Å². The normalized spacial score (nSPS) is 28.6. The lowest BCUT2D eigenvalue weighted by atomic mass is 9.64. The van der Waals surface area contributed by atoms with E-state index in [9.17, 15) is 14.4 Å². The van der Waals surface area contributed by atoms with Crippen LogP contribution in [0.5, 0.6) is 0 Å². The number of hydrogen-bond acceptors (Lipinski definition) is 5. The summed E-state index contributed by atoms with van der Waals surface area (Å²) in [6, 6.07) is -0.753. The lowest BCUT2D eigenvalue weighted by Crippen LogP contribution is -2.61. The van der Waals surface area contributed by atoms with Gasteiger partial charge in [-0.25, -0.2) is 0 Å². The first-order chi connectivity index (χ1) is 18.2. The standard InChI is InChI=1S/C30H52N4O4/c1-29(2,31-3)27(36)32-25(20-38-19-22-12-7-5-8-13-22)26(35)34-17-11-16-30(21-34)24(18-33(4)28(30)37)23-14-9-6-10-15-23/h22-25,31H,5-21H2,1-4H3,(H,32,36). The van der Waals surface area contributed by atoms with Gasteiger partial charge in [0, 0.05) is 33.3 Å². The van der Waals surface area contributed by atoms with Gasteiger partial charge in [0.15, 0.2) is 0 Å². The number of likely N-dealkylation sites (N-methyl/N-ethyl adjacent to an activating group) is 1. The van der Waals surface area contributed by atoms with Crippen LogP contribution in [0.2, 0.25) is 0 Å². The first-order valence-electron chi connectivity index (χ1n) is 15.3. The summed E-state index contributed by atoms with van der Waals surface area (Å²) in [5.74, 6) is 1.26. The van der Waals surface area contributed by atoms with E-state index in [2.05, 4.69) is 10.6 Å². The molecule has 4 fully saturated rings. The summed E-state index contributed by atoms with van der Waals surface area (Å²) < 4.78 is 6.11. The van der Waals surface area contributed by atoms with Crippen molar-refractivity contribution in [1.82, 2.24) is 20.4 Å². The van der Waals surface area contributed by atoms with Gasteiger partial charge in [0.25, 0.3) is 0 Å². The van der Waals surface area contributed by atoms with Crippen LogP contribution >= 0.6 is 0 Å². The molecular formula is C30H52N4O4. The molecule has 216 valence electrons. The molecule has 2 aliphatic heterocycles. The Morgan fingerprint density at radius 2 is 1.71 bits per heavy atom. The van der Waals surface area contributed by atoms with Crippen molar-refractivity contribution in [2.24, 2.45) is 23.2 Å². The van der Waals surface area contributed by atoms with Crippen LogP contribution in [0.25, 0.3) is 0 Å². The van der Waals surface area contributed by atoms with Gasteiger partial charge in [0.05, 0.1) is 17.6 Å². The van der Waals surface area contributed by atoms with Crippen LogP contribution in [0.15, 0.2) is 0 Å². The summed E-state index contributed by atoms with van der Waals surface area (Å²) >= 11 is 0. The molecule has 2 heterocycles. The highest BCUT2D eigenvalue weighted by Crippen LogP contribution is 2.50. The predicted molar refractivity (Wildman–Crippen MR) is 148 cm³/mol. The number of nitrogens with zero attached hydrogens (tertiary/aromatic N) is 2. The summed E-state index contributed by atoms with van der Waals surface area (Å²) in [6.45, 7) is 6.30. The molecule has 2 N–H and O–H groups in total. The van der Waals surface area contributed by atoms with Crippen molar-refractivity contribution in [3.8, 4) is 0 Å². The topological polar surface area (TPSA) is 91.0 Å². The van der Waals surface area contributed by atoms with Crippen LogP contribution < -0.4 is 10.6 Å². The first-order valence-corrected chi connectivity index (χ1v) is 15.3. The van der Waals surface area contributed by atoms with Crippen molar-refractivity contribution in [3.63, 3.8) is 0 Å². The fraction of sp³-hybridized carbons (Fsp3) is 0.900. The molecule has 8 nitrogen and oxygen atoms in total. The number of hydrogen-bond donors (Lipinski definition) is 2. The summed E-state index contributed by atoms with van der Waals surface area (Å²) in [4.78, 5) is 44.6. The molecule has 0 bridgehead atoms. The zero-order valence-electron chi connectivity index (χ0n) is 24.4. The number of piperidine rings is 1. The van der Waals surface area contributed by atoms with Crippen molar-refractivity contribution in [2.45, 2.75) is 102 Å². The van der Waals surface area contributed by atoms with Gasteiger partial charge in [0.2, 0.25) is 17.7 Å². The molecule has 2 saturated heterocycles. The van der Waals surface area contributed by atoms with E-state index < -0.39 is 17.0 Å². The monoisotopic (exact) mass is 532 g/mol. The van der Waals surface area contributed by atoms with Crippen LogP contribution in [0, 0.1) is 23.2 Å². The Morgan fingerprint density at radius 1 is 1.05 bits per heavy atom. The van der Waals surface area contributed by atoms with Crippen molar-refractivity contribution in [2.75, 3.05) is 46.9 Å². The molecule has 3 amide bonds. The zero-order valence-corrected chi connectivity index (χ0v) is 24.4. The van der Waals surface area contributed by atoms with E-state index in [0.29, 0.717) is 37.5 Å². The number of likely N-dealkylation sites (tertiary alicyclic amines) is 2. The Labute approximate surface area is 230 Å². The Hall–Kier alpha value is -1.67. The number of carbonyl (C=O) groups excluding carboxylic acids is 3. The lowest BCUT2D eigenvalue weighted by molar-refractivity contribution is -0.148. The maximum absolute atomic E-state index is 14.0. The van der Waals surface area contributed by atoms with E-state index in [1.807, 2.05) is 30.7 Å². The zero-order chi connectivity index (χ0) is 27.3. The van der Waals surface area contributed by atoms with E-state index in [4.69, 9.17) is 4.74 Å². The fourth-order valence-corrected chi connectivity index (χ4v) is 7.53. The van der Waals surface area contributed by atoms with Crippen LogP contribution in [0.3, 0.4) is 0 Å². The van der Waals surface area contributed by atoms with E-state index in [-0.39, 0.29) is 24.3 Å². The molecule has 2 saturated carbocycles. The van der Waals surface area contributed by atoms with E-state index >= 15 is 0 Å². The van der Waals surface area contributed by atoms with Gasteiger partial charge >= 0.3 is 0 Å². The summed E-state index contributed by atoms with van der Waals surface area (Å²) in [7, 11) is 3.67. The molecule has 4 aliphatic rings. The average molecular weight is 533 g/mol. The second kappa shape index (κ2) is 12.7. The van der Waals surface area contributed by atoms with Gasteiger partial charge in [-0.15, -0.1) is 0 Å². The molecule has 8 heteroatoms.